The van der Waals surface area contributed by atoms with Crippen molar-refractivity contribution in [3.8, 4) is 0 Å². The van der Waals surface area contributed by atoms with Gasteiger partial charge in [-0.15, -0.1) is 0 Å². The first-order chi connectivity index (χ1) is 31.1. The lowest BCUT2D eigenvalue weighted by atomic mass is 10.1. The molecule has 8 heteroatoms. The van der Waals surface area contributed by atoms with Crippen molar-refractivity contribution in [1.82, 2.24) is 0 Å². The Hall–Kier alpha value is -3.49. The summed E-state index contributed by atoms with van der Waals surface area (Å²) in [7, 11) is 5.51. The van der Waals surface area contributed by atoms with Crippen molar-refractivity contribution in [2.45, 2.75) is 212 Å². The molecule has 0 amide bonds. The van der Waals surface area contributed by atoms with Gasteiger partial charge in [0.25, 0.3) is 0 Å². The lowest BCUT2D eigenvalue weighted by molar-refractivity contribution is -0.887. The van der Waals surface area contributed by atoms with Crippen LogP contribution in [0.15, 0.2) is 85.1 Å². The van der Waals surface area contributed by atoms with Gasteiger partial charge in [0, 0.05) is 19.3 Å². The first-order valence-corrected chi connectivity index (χ1v) is 25.6. The van der Waals surface area contributed by atoms with E-state index in [0.29, 0.717) is 19.3 Å². The zero-order chi connectivity index (χ0) is 47.0. The third-order valence-electron chi connectivity index (χ3n) is 11.0. The molecule has 0 aromatic carbocycles. The number of allylic oxidation sites excluding steroid dienone is 14. The Labute approximate surface area is 393 Å². The second-order valence-electron chi connectivity index (χ2n) is 18.0. The summed E-state index contributed by atoms with van der Waals surface area (Å²) in [5.41, 5.74) is 0. The lowest BCUT2D eigenvalue weighted by Gasteiger charge is -2.31. The molecule has 8 nitrogen and oxygen atoms in total. The first kappa shape index (κ1) is 60.5. The molecule has 2 unspecified atom stereocenters. The zero-order valence-corrected chi connectivity index (χ0v) is 41.7. The van der Waals surface area contributed by atoms with Crippen molar-refractivity contribution in [1.29, 1.82) is 0 Å². The van der Waals surface area contributed by atoms with E-state index in [-0.39, 0.29) is 42.7 Å². The molecule has 0 aliphatic carbocycles. The van der Waals surface area contributed by atoms with Crippen LogP contribution in [0.25, 0.3) is 0 Å². The number of hydrogen-bond acceptors (Lipinski definition) is 6. The molecule has 1 N–H and O–H groups in total. The fourth-order valence-electron chi connectivity index (χ4n) is 7.10. The minimum Gasteiger partial charge on any atom is -0.477 e. The van der Waals surface area contributed by atoms with E-state index >= 15 is 0 Å². The highest BCUT2D eigenvalue weighted by atomic mass is 16.6. The third-order valence-corrected chi connectivity index (χ3v) is 11.0. The van der Waals surface area contributed by atoms with E-state index in [1.165, 1.54) is 96.3 Å². The predicted octanol–water partition coefficient (Wildman–Crippen LogP) is 14.9. The first-order valence-electron chi connectivity index (χ1n) is 25.6. The van der Waals surface area contributed by atoms with Crippen molar-refractivity contribution in [2.24, 2.45) is 0 Å². The van der Waals surface area contributed by atoms with Gasteiger partial charge in [0.2, 0.25) is 0 Å². The van der Waals surface area contributed by atoms with E-state index in [4.69, 9.17) is 14.2 Å². The molecule has 0 rings (SSSR count). The van der Waals surface area contributed by atoms with Crippen molar-refractivity contribution in [2.75, 3.05) is 41.0 Å². The van der Waals surface area contributed by atoms with Gasteiger partial charge in [-0.05, 0) is 83.5 Å². The molecule has 0 spiro atoms. The van der Waals surface area contributed by atoms with Crippen LogP contribution in [0.1, 0.15) is 200 Å². The number of carbonyl (C=O) groups is 3. The average molecular weight is 895 g/mol. The SMILES string of the molecule is CC/C=C/C/C=C/C/C=C/C/C=C/C/C=C/C/C=C/CCCC(=O)OC(COCCC(C(=O)O)[N+](C)(C)C)COC(=O)CCCCCCCCC/C=C/CCCCCCCCCCC. The van der Waals surface area contributed by atoms with Gasteiger partial charge < -0.3 is 23.8 Å². The summed E-state index contributed by atoms with van der Waals surface area (Å²) in [6.07, 6.45) is 60.7. The van der Waals surface area contributed by atoms with Gasteiger partial charge in [0.1, 0.15) is 6.61 Å². The fourth-order valence-corrected chi connectivity index (χ4v) is 7.10. The van der Waals surface area contributed by atoms with Crippen LogP contribution in [0.5, 0.6) is 0 Å². The minimum absolute atomic E-state index is 0.0325. The molecule has 0 aliphatic heterocycles. The molecule has 0 aliphatic rings. The molecule has 0 fully saturated rings. The number of unbranched alkanes of at least 4 members (excludes halogenated alkanes) is 17. The summed E-state index contributed by atoms with van der Waals surface area (Å²) in [6, 6.07) is -0.630. The monoisotopic (exact) mass is 895 g/mol. The Kier molecular flexibility index (Phi) is 43.5. The Morgan fingerprint density at radius 1 is 0.484 bits per heavy atom. The maximum atomic E-state index is 12.8. The highest BCUT2D eigenvalue weighted by Gasteiger charge is 2.31. The van der Waals surface area contributed by atoms with Crippen molar-refractivity contribution in [3.05, 3.63) is 85.1 Å². The van der Waals surface area contributed by atoms with Crippen molar-refractivity contribution in [3.63, 3.8) is 0 Å². The Balaban J connectivity index is 4.37. The Bertz CT molecular complexity index is 1320. The van der Waals surface area contributed by atoms with E-state index in [1.807, 2.05) is 21.1 Å². The van der Waals surface area contributed by atoms with Crippen LogP contribution in [-0.4, -0.2) is 80.6 Å². The smallest absolute Gasteiger partial charge is 0.362 e. The molecule has 0 saturated carbocycles. The minimum atomic E-state index is -0.887. The van der Waals surface area contributed by atoms with Gasteiger partial charge in [-0.2, -0.15) is 0 Å². The topological polar surface area (TPSA) is 99.1 Å². The van der Waals surface area contributed by atoms with Gasteiger partial charge in [0.05, 0.1) is 34.4 Å². The number of carbonyl (C=O) groups excluding carboxylic acids is 2. The molecule has 0 radical (unpaired) electrons. The molecule has 366 valence electrons. The lowest BCUT2D eigenvalue weighted by Crippen LogP contribution is -2.50. The number of carboxylic acids is 1. The molecule has 0 saturated heterocycles. The summed E-state index contributed by atoms with van der Waals surface area (Å²) in [5.74, 6) is -1.55. The van der Waals surface area contributed by atoms with Crippen molar-refractivity contribution < 1.29 is 38.2 Å². The maximum absolute atomic E-state index is 12.8. The number of nitrogens with zero attached hydrogens (tertiary/aromatic N) is 1. The summed E-state index contributed by atoms with van der Waals surface area (Å²) < 4.78 is 17.3. The highest BCUT2D eigenvalue weighted by molar-refractivity contribution is 5.72. The van der Waals surface area contributed by atoms with Crippen LogP contribution < -0.4 is 0 Å². The summed E-state index contributed by atoms with van der Waals surface area (Å²) >= 11 is 0. The van der Waals surface area contributed by atoms with Crippen molar-refractivity contribution >= 4 is 17.9 Å². The van der Waals surface area contributed by atoms with E-state index in [9.17, 15) is 19.5 Å². The summed E-state index contributed by atoms with van der Waals surface area (Å²) in [6.45, 7) is 4.56. The number of ether oxygens (including phenoxy) is 3. The van der Waals surface area contributed by atoms with Gasteiger partial charge >= 0.3 is 17.9 Å². The fraction of sp³-hybridized carbons (Fsp3) is 0.696. The van der Waals surface area contributed by atoms with E-state index in [2.05, 4.69) is 98.9 Å². The van der Waals surface area contributed by atoms with E-state index < -0.39 is 18.1 Å². The molecule has 2 atom stereocenters. The molecule has 0 heterocycles. The van der Waals surface area contributed by atoms with E-state index in [1.54, 1.807) is 0 Å². The number of carboxylic acid groups (broad SMARTS) is 1. The van der Waals surface area contributed by atoms with Gasteiger partial charge in [-0.3, -0.25) is 9.59 Å². The van der Waals surface area contributed by atoms with Crippen LogP contribution in [-0.2, 0) is 28.6 Å². The van der Waals surface area contributed by atoms with Gasteiger partial charge in [-0.1, -0.05) is 182 Å². The second kappa shape index (κ2) is 46.1. The Morgan fingerprint density at radius 2 is 0.891 bits per heavy atom. The van der Waals surface area contributed by atoms with Crippen LogP contribution in [0.4, 0.5) is 0 Å². The number of quaternary nitrogens is 1. The molecule has 0 aromatic rings. The number of rotatable bonds is 45. The molecular weight excluding hydrogens is 799 g/mol. The average Bonchev–Trinajstić information content (AvgIpc) is 3.26. The number of hydrogen-bond donors (Lipinski definition) is 1. The van der Waals surface area contributed by atoms with E-state index in [0.717, 1.165) is 64.2 Å². The van der Waals surface area contributed by atoms with Crippen LogP contribution in [0, 0.1) is 0 Å². The summed E-state index contributed by atoms with van der Waals surface area (Å²) in [4.78, 5) is 37.1. The Morgan fingerprint density at radius 3 is 1.36 bits per heavy atom. The standard InChI is InChI=1S/C56H95NO7/c1-6-8-10-12-14-16-18-20-22-24-26-28-30-32-34-36-38-40-42-44-46-54(58)63-51-52(50-62-49-48-53(56(60)61)57(3,4)5)64-55(59)47-45-43-41-39-37-35-33-31-29-27-25-23-21-19-17-15-13-11-9-7-2/h9,11,15,17,21,23,26-29,33,35,39,41,52-53H,6-8,10,12-14,16,18-20,22,24-25,30-32,34,36-38,40,42-51H2,1-5H3/p+1/b11-9+,17-15+,23-21+,28-26+,29-27+,35-33+,41-39+. The third kappa shape index (κ3) is 43.7. The quantitative estimate of drug-likeness (QED) is 0.0281. The maximum Gasteiger partial charge on any atom is 0.362 e. The van der Waals surface area contributed by atoms with Crippen LogP contribution in [0.2, 0.25) is 0 Å². The molecular formula is C56H96NO7+. The van der Waals surface area contributed by atoms with Crippen LogP contribution >= 0.6 is 0 Å². The predicted molar refractivity (Wildman–Crippen MR) is 270 cm³/mol. The van der Waals surface area contributed by atoms with Crippen LogP contribution in [0.3, 0.4) is 0 Å². The zero-order valence-electron chi connectivity index (χ0n) is 41.7. The molecule has 0 aromatic heterocycles. The highest BCUT2D eigenvalue weighted by Crippen LogP contribution is 2.14. The van der Waals surface area contributed by atoms with Gasteiger partial charge in [-0.25, -0.2) is 4.79 Å². The molecule has 64 heavy (non-hydrogen) atoms. The number of esters is 2. The molecule has 0 bridgehead atoms. The number of aliphatic carboxylic acids is 1. The summed E-state index contributed by atoms with van der Waals surface area (Å²) in [5, 5.41) is 9.65. The van der Waals surface area contributed by atoms with Gasteiger partial charge in [0.15, 0.2) is 12.1 Å². The second-order valence-corrected chi connectivity index (χ2v) is 18.0. The normalized spacial score (nSPS) is 13.6. The number of likely N-dealkylation sites (N-methyl/N-ethyl adjacent to an activating group) is 1. The largest absolute Gasteiger partial charge is 0.477 e.